The fourth-order valence-corrected chi connectivity index (χ4v) is 5.19. The van der Waals surface area contributed by atoms with E-state index in [2.05, 4.69) is 15.4 Å². The zero-order valence-corrected chi connectivity index (χ0v) is 15.0. The molecule has 3 rings (SSSR count). The van der Waals surface area contributed by atoms with Crippen LogP contribution in [0.2, 0.25) is 0 Å². The predicted octanol–water partition coefficient (Wildman–Crippen LogP) is 0.864. The Morgan fingerprint density at radius 3 is 2.67 bits per heavy atom. The number of carbonyl (C=O) groups excluding carboxylic acids is 2. The molecular formula is C14H18N4O4S2. The van der Waals surface area contributed by atoms with E-state index < -0.39 is 21.8 Å². The summed E-state index contributed by atoms with van der Waals surface area (Å²) in [6.07, 6.45) is 0.750. The molecule has 1 aromatic rings. The molecule has 1 atom stereocenters. The molecule has 8 nitrogen and oxygen atoms in total. The third-order valence-electron chi connectivity index (χ3n) is 4.13. The van der Waals surface area contributed by atoms with Crippen molar-refractivity contribution in [1.82, 2.24) is 9.99 Å². The highest BCUT2D eigenvalue weighted by molar-refractivity contribution is 7.91. The van der Waals surface area contributed by atoms with Crippen molar-refractivity contribution in [2.75, 3.05) is 16.8 Å². The van der Waals surface area contributed by atoms with Crippen molar-refractivity contribution in [3.8, 4) is 0 Å². The monoisotopic (exact) mass is 370 g/mol. The molecule has 24 heavy (non-hydrogen) atoms. The molecule has 0 saturated carbocycles. The van der Waals surface area contributed by atoms with Gasteiger partial charge in [0.2, 0.25) is 5.91 Å². The first-order valence-electron chi connectivity index (χ1n) is 7.60. The number of hydrazone groups is 1. The average Bonchev–Trinajstić information content (AvgIpc) is 3.01. The van der Waals surface area contributed by atoms with Crippen molar-refractivity contribution in [3.63, 3.8) is 0 Å². The zero-order valence-electron chi connectivity index (χ0n) is 13.4. The highest BCUT2D eigenvalue weighted by Gasteiger charge is 2.37. The number of hydrogen-bond donors (Lipinski definition) is 1. The number of hydrogen-bond acceptors (Lipinski definition) is 7. The summed E-state index contributed by atoms with van der Waals surface area (Å²) in [5, 5.41) is 8.51. The number of sulfone groups is 1. The van der Waals surface area contributed by atoms with Crippen molar-refractivity contribution in [3.05, 3.63) is 10.6 Å². The van der Waals surface area contributed by atoms with Gasteiger partial charge in [0.25, 0.3) is 5.91 Å². The van der Waals surface area contributed by atoms with Crippen LogP contribution in [-0.4, -0.2) is 53.5 Å². The van der Waals surface area contributed by atoms with E-state index in [9.17, 15) is 18.0 Å². The molecule has 2 aliphatic rings. The molecule has 1 aromatic heterocycles. The second kappa shape index (κ2) is 6.25. The van der Waals surface area contributed by atoms with Gasteiger partial charge in [-0.2, -0.15) is 5.10 Å². The summed E-state index contributed by atoms with van der Waals surface area (Å²) >= 11 is 1.38. The van der Waals surface area contributed by atoms with E-state index in [1.807, 2.05) is 13.8 Å². The highest BCUT2D eigenvalue weighted by Crippen LogP contribution is 2.24. The first-order chi connectivity index (χ1) is 11.2. The van der Waals surface area contributed by atoms with Gasteiger partial charge in [-0.15, -0.1) is 11.3 Å². The lowest BCUT2D eigenvalue weighted by Gasteiger charge is -2.27. The minimum Gasteiger partial charge on any atom is -0.297 e. The van der Waals surface area contributed by atoms with E-state index in [0.29, 0.717) is 11.6 Å². The Morgan fingerprint density at radius 2 is 2.08 bits per heavy atom. The smallest absolute Gasteiger partial charge is 0.273 e. The molecule has 3 heterocycles. The second-order valence-corrected chi connectivity index (χ2v) is 9.39. The van der Waals surface area contributed by atoms with E-state index in [4.69, 9.17) is 0 Å². The molecule has 2 aliphatic heterocycles. The quantitative estimate of drug-likeness (QED) is 0.849. The lowest BCUT2D eigenvalue weighted by molar-refractivity contribution is -0.133. The summed E-state index contributed by atoms with van der Waals surface area (Å²) in [6.45, 7) is 3.78. The summed E-state index contributed by atoms with van der Waals surface area (Å²) in [5.41, 5.74) is 1.08. The topological polar surface area (TPSA) is 109 Å². The van der Waals surface area contributed by atoms with Gasteiger partial charge < -0.3 is 0 Å². The molecule has 2 amide bonds. The number of nitrogens with zero attached hydrogens (tertiary/aromatic N) is 3. The third-order valence-corrected chi connectivity index (χ3v) is 6.86. The summed E-state index contributed by atoms with van der Waals surface area (Å²) in [5.74, 6) is -0.685. The molecule has 0 spiro atoms. The maximum atomic E-state index is 12.4. The molecule has 0 aromatic carbocycles. The van der Waals surface area contributed by atoms with Crippen LogP contribution in [0.3, 0.4) is 0 Å². The standard InChI is InChI=1S/C14H18N4O4S2/c1-8-9(2)23-14(15-8)16-13(20)11-3-4-12(19)18(17-11)10-5-6-24(21,22)7-10/h10H,3-7H2,1-2H3,(H,15,16,20)/t10-/m1/s1. The molecule has 1 fully saturated rings. The molecular weight excluding hydrogens is 352 g/mol. The number of nitrogens with one attached hydrogen (secondary N) is 1. The summed E-state index contributed by atoms with van der Waals surface area (Å²) in [4.78, 5) is 29.7. The van der Waals surface area contributed by atoms with Gasteiger partial charge in [-0.25, -0.2) is 18.4 Å². The van der Waals surface area contributed by atoms with Gasteiger partial charge in [-0.05, 0) is 20.3 Å². The Balaban J connectivity index is 1.76. The van der Waals surface area contributed by atoms with Gasteiger partial charge in [0.05, 0.1) is 23.2 Å². The number of thiazole rings is 1. The van der Waals surface area contributed by atoms with Crippen molar-refractivity contribution in [2.45, 2.75) is 39.2 Å². The van der Waals surface area contributed by atoms with Crippen molar-refractivity contribution < 1.29 is 18.0 Å². The van der Waals surface area contributed by atoms with E-state index in [0.717, 1.165) is 10.6 Å². The maximum absolute atomic E-state index is 12.4. The van der Waals surface area contributed by atoms with E-state index in [1.54, 1.807) is 0 Å². The Bertz CT molecular complexity index is 808. The SMILES string of the molecule is Cc1nc(NC(=O)C2=NN([C@@H]3CCS(=O)(=O)C3)C(=O)CC2)sc1C. The van der Waals surface area contributed by atoms with Crippen LogP contribution >= 0.6 is 11.3 Å². The molecule has 1 N–H and O–H groups in total. The van der Waals surface area contributed by atoms with Crippen LogP contribution < -0.4 is 5.32 Å². The van der Waals surface area contributed by atoms with Gasteiger partial charge in [0, 0.05) is 17.7 Å². The first kappa shape index (κ1) is 17.0. The van der Waals surface area contributed by atoms with Crippen LogP contribution in [0.5, 0.6) is 0 Å². The number of amides is 2. The van der Waals surface area contributed by atoms with Crippen molar-refractivity contribution >= 4 is 43.8 Å². The lowest BCUT2D eigenvalue weighted by atomic mass is 10.1. The number of anilines is 1. The number of aryl methyl sites for hydroxylation is 2. The first-order valence-corrected chi connectivity index (χ1v) is 10.2. The summed E-state index contributed by atoms with van der Waals surface area (Å²) in [7, 11) is -3.13. The Labute approximate surface area is 143 Å². The van der Waals surface area contributed by atoms with Gasteiger partial charge in [0.1, 0.15) is 5.71 Å². The van der Waals surface area contributed by atoms with E-state index in [-0.39, 0.29) is 36.0 Å². The largest absolute Gasteiger partial charge is 0.297 e. The normalized spacial score (nSPS) is 23.2. The average molecular weight is 370 g/mol. The fourth-order valence-electron chi connectivity index (χ4n) is 2.68. The molecule has 0 bridgehead atoms. The van der Waals surface area contributed by atoms with Crippen LogP contribution in [0, 0.1) is 13.8 Å². The van der Waals surface area contributed by atoms with Crippen LogP contribution in [0.4, 0.5) is 5.13 Å². The Morgan fingerprint density at radius 1 is 1.33 bits per heavy atom. The molecule has 10 heteroatoms. The van der Waals surface area contributed by atoms with Crippen LogP contribution in [-0.2, 0) is 19.4 Å². The number of rotatable bonds is 3. The van der Waals surface area contributed by atoms with Crippen LogP contribution in [0.25, 0.3) is 0 Å². The number of aromatic nitrogens is 1. The third kappa shape index (κ3) is 3.48. The minimum atomic E-state index is -3.13. The highest BCUT2D eigenvalue weighted by atomic mass is 32.2. The molecule has 1 saturated heterocycles. The van der Waals surface area contributed by atoms with Crippen molar-refractivity contribution in [1.29, 1.82) is 0 Å². The zero-order chi connectivity index (χ0) is 17.5. The Hall–Kier alpha value is -1.81. The van der Waals surface area contributed by atoms with E-state index >= 15 is 0 Å². The minimum absolute atomic E-state index is 0.0518. The molecule has 0 aliphatic carbocycles. The predicted molar refractivity (Wildman–Crippen MR) is 90.8 cm³/mol. The number of carbonyl (C=O) groups is 2. The van der Waals surface area contributed by atoms with Crippen LogP contribution in [0.1, 0.15) is 29.8 Å². The van der Waals surface area contributed by atoms with Crippen LogP contribution in [0.15, 0.2) is 5.10 Å². The maximum Gasteiger partial charge on any atom is 0.273 e. The van der Waals surface area contributed by atoms with Gasteiger partial charge in [-0.3, -0.25) is 14.9 Å². The molecule has 0 unspecified atom stereocenters. The van der Waals surface area contributed by atoms with Gasteiger partial charge in [-0.1, -0.05) is 0 Å². The summed E-state index contributed by atoms with van der Waals surface area (Å²) in [6, 6.07) is -0.477. The summed E-state index contributed by atoms with van der Waals surface area (Å²) < 4.78 is 23.2. The van der Waals surface area contributed by atoms with E-state index in [1.165, 1.54) is 16.3 Å². The second-order valence-electron chi connectivity index (χ2n) is 5.96. The van der Waals surface area contributed by atoms with Crippen molar-refractivity contribution in [2.24, 2.45) is 5.10 Å². The van der Waals surface area contributed by atoms with Gasteiger partial charge >= 0.3 is 0 Å². The molecule has 130 valence electrons. The Kier molecular flexibility index (Phi) is 4.43. The fraction of sp³-hybridized carbons (Fsp3) is 0.571. The molecule has 0 radical (unpaired) electrons. The lowest BCUT2D eigenvalue weighted by Crippen LogP contribution is -2.42. The van der Waals surface area contributed by atoms with Gasteiger partial charge in [0.15, 0.2) is 15.0 Å².